The van der Waals surface area contributed by atoms with Crippen molar-refractivity contribution >= 4 is 27.5 Å². The van der Waals surface area contributed by atoms with Crippen LogP contribution in [0.5, 0.6) is 5.75 Å². The Labute approximate surface area is 242 Å². The first kappa shape index (κ1) is 31.6. The molecule has 3 aromatic carbocycles. The van der Waals surface area contributed by atoms with Crippen molar-refractivity contribution in [3.63, 3.8) is 0 Å². The number of nitrogens with zero attached hydrogens (tertiary/aromatic N) is 2. The average Bonchev–Trinajstić information content (AvgIpc) is 2.95. The summed E-state index contributed by atoms with van der Waals surface area (Å²) in [4.78, 5) is 28.4. The van der Waals surface area contributed by atoms with Crippen LogP contribution >= 0.6 is 0 Å². The van der Waals surface area contributed by atoms with Gasteiger partial charge in [-0.2, -0.15) is 0 Å². The van der Waals surface area contributed by atoms with E-state index in [2.05, 4.69) is 5.32 Å². The van der Waals surface area contributed by atoms with Crippen LogP contribution in [0.15, 0.2) is 77.7 Å². The van der Waals surface area contributed by atoms with Gasteiger partial charge in [-0.3, -0.25) is 13.9 Å². The highest BCUT2D eigenvalue weighted by Gasteiger charge is 2.33. The monoisotopic (exact) mass is 583 g/mol. The number of hydrogen-bond donors (Lipinski definition) is 1. The summed E-state index contributed by atoms with van der Waals surface area (Å²) in [6.07, 6.45) is 0.711. The first-order valence-corrected chi connectivity index (χ1v) is 15.1. The summed E-state index contributed by atoms with van der Waals surface area (Å²) in [7, 11) is -4.27. The van der Waals surface area contributed by atoms with E-state index < -0.39 is 34.3 Å². The Kier molecular flexibility index (Phi) is 10.9. The lowest BCUT2D eigenvalue weighted by Gasteiger charge is -2.32. The zero-order valence-corrected chi connectivity index (χ0v) is 24.9. The molecule has 41 heavy (non-hydrogen) atoms. The maximum Gasteiger partial charge on any atom is 0.264 e. The minimum atomic E-state index is -4.27. The molecule has 0 saturated heterocycles. The van der Waals surface area contributed by atoms with Crippen molar-refractivity contribution in [1.82, 2.24) is 10.2 Å². The molecular weight excluding hydrogens is 545 g/mol. The average molecular weight is 584 g/mol. The van der Waals surface area contributed by atoms with Gasteiger partial charge in [0.1, 0.15) is 24.2 Å². The number of hydrogen-bond acceptors (Lipinski definition) is 5. The maximum atomic E-state index is 13.9. The molecule has 220 valence electrons. The Balaban J connectivity index is 2.01. The van der Waals surface area contributed by atoms with E-state index in [0.717, 1.165) is 27.6 Å². The summed E-state index contributed by atoms with van der Waals surface area (Å²) < 4.78 is 47.9. The molecule has 8 nitrogen and oxygen atoms in total. The second kappa shape index (κ2) is 14.1. The van der Waals surface area contributed by atoms with Gasteiger partial charge in [-0.1, -0.05) is 36.8 Å². The van der Waals surface area contributed by atoms with E-state index in [-0.39, 0.29) is 29.1 Å². The molecule has 0 spiro atoms. The molecule has 0 aliphatic rings. The van der Waals surface area contributed by atoms with E-state index in [1.54, 1.807) is 6.92 Å². The van der Waals surface area contributed by atoms with Gasteiger partial charge in [0.25, 0.3) is 10.0 Å². The first-order valence-electron chi connectivity index (χ1n) is 13.6. The number of nitrogens with one attached hydrogen (secondary N) is 1. The van der Waals surface area contributed by atoms with Crippen LogP contribution in [0.3, 0.4) is 0 Å². The van der Waals surface area contributed by atoms with E-state index in [9.17, 15) is 22.4 Å². The summed E-state index contributed by atoms with van der Waals surface area (Å²) in [5.41, 5.74) is 1.89. The highest BCUT2D eigenvalue weighted by molar-refractivity contribution is 7.92. The minimum Gasteiger partial charge on any atom is -0.494 e. The van der Waals surface area contributed by atoms with Crippen LogP contribution in [0, 0.1) is 12.7 Å². The Bertz CT molecular complexity index is 1430. The summed E-state index contributed by atoms with van der Waals surface area (Å²) >= 11 is 0. The quantitative estimate of drug-likeness (QED) is 0.304. The molecule has 0 aliphatic heterocycles. The first-order chi connectivity index (χ1) is 19.5. The summed E-state index contributed by atoms with van der Waals surface area (Å²) in [6.45, 7) is 9.09. The largest absolute Gasteiger partial charge is 0.494 e. The zero-order chi connectivity index (χ0) is 30.2. The SMILES string of the molecule is CCOc1ccc(S(=O)(=O)N(CC(=O)N(Cc2cccc(C)c2)C(C)C(=O)NC(C)CC)c2ccc(F)cc2)cc1. The van der Waals surface area contributed by atoms with Crippen molar-refractivity contribution in [3.05, 3.63) is 89.7 Å². The highest BCUT2D eigenvalue weighted by atomic mass is 32.2. The lowest BCUT2D eigenvalue weighted by Crippen LogP contribution is -2.52. The molecule has 2 amide bonds. The molecule has 0 radical (unpaired) electrons. The van der Waals surface area contributed by atoms with Crippen LogP contribution in [-0.2, 0) is 26.2 Å². The molecule has 0 bridgehead atoms. The van der Waals surface area contributed by atoms with Gasteiger partial charge in [-0.05, 0) is 88.2 Å². The highest BCUT2D eigenvalue weighted by Crippen LogP contribution is 2.26. The van der Waals surface area contributed by atoms with Gasteiger partial charge in [-0.15, -0.1) is 0 Å². The lowest BCUT2D eigenvalue weighted by molar-refractivity contribution is -0.139. The number of carbonyl (C=O) groups is 2. The standard InChI is InChI=1S/C31H38FN3O5S/c1-6-23(4)33-31(37)24(5)34(20-25-10-8-9-22(3)19-25)30(36)21-35(27-13-11-26(32)12-14-27)41(38,39)29-17-15-28(16-18-29)40-7-2/h8-19,23-24H,6-7,20-21H2,1-5H3,(H,33,37). The van der Waals surface area contributed by atoms with Crippen LogP contribution in [0.2, 0.25) is 0 Å². The number of sulfonamides is 1. The van der Waals surface area contributed by atoms with Crippen molar-refractivity contribution in [1.29, 1.82) is 0 Å². The second-order valence-electron chi connectivity index (χ2n) is 9.90. The Morgan fingerprint density at radius 3 is 2.22 bits per heavy atom. The molecule has 3 aromatic rings. The van der Waals surface area contributed by atoms with Crippen molar-refractivity contribution in [3.8, 4) is 5.75 Å². The number of amides is 2. The number of rotatable bonds is 13. The Morgan fingerprint density at radius 1 is 0.976 bits per heavy atom. The number of aryl methyl sites for hydroxylation is 1. The number of anilines is 1. The molecule has 2 unspecified atom stereocenters. The summed E-state index contributed by atoms with van der Waals surface area (Å²) in [5.74, 6) is -0.976. The Morgan fingerprint density at radius 2 is 1.63 bits per heavy atom. The third-order valence-electron chi connectivity index (χ3n) is 6.72. The molecule has 0 aliphatic carbocycles. The van der Waals surface area contributed by atoms with E-state index in [0.29, 0.717) is 18.8 Å². The molecular formula is C31H38FN3O5S. The molecule has 0 fully saturated rings. The van der Waals surface area contributed by atoms with E-state index >= 15 is 0 Å². The zero-order valence-electron chi connectivity index (χ0n) is 24.1. The van der Waals surface area contributed by atoms with Gasteiger partial charge < -0.3 is 15.0 Å². The third-order valence-corrected chi connectivity index (χ3v) is 8.51. The normalized spacial score (nSPS) is 12.7. The van der Waals surface area contributed by atoms with Crippen LogP contribution in [-0.4, -0.2) is 50.4 Å². The van der Waals surface area contributed by atoms with E-state index in [1.807, 2.05) is 52.0 Å². The number of benzene rings is 3. The molecule has 10 heteroatoms. The van der Waals surface area contributed by atoms with Crippen LogP contribution < -0.4 is 14.4 Å². The summed E-state index contributed by atoms with van der Waals surface area (Å²) in [6, 6.07) is 17.3. The predicted molar refractivity (Wildman–Crippen MR) is 158 cm³/mol. The van der Waals surface area contributed by atoms with Crippen LogP contribution in [0.25, 0.3) is 0 Å². The van der Waals surface area contributed by atoms with Crippen molar-refractivity contribution in [2.45, 2.75) is 64.6 Å². The molecule has 0 aromatic heterocycles. The fraction of sp³-hybridized carbons (Fsp3) is 0.355. The topological polar surface area (TPSA) is 96.0 Å². The molecule has 2 atom stereocenters. The third kappa shape index (κ3) is 8.29. The molecule has 0 heterocycles. The number of ether oxygens (including phenoxy) is 1. The van der Waals surface area contributed by atoms with Crippen molar-refractivity contribution < 1.29 is 27.1 Å². The second-order valence-corrected chi connectivity index (χ2v) is 11.8. The van der Waals surface area contributed by atoms with Crippen LogP contribution in [0.1, 0.15) is 45.2 Å². The van der Waals surface area contributed by atoms with E-state index in [4.69, 9.17) is 4.74 Å². The molecule has 3 rings (SSSR count). The lowest BCUT2D eigenvalue weighted by atomic mass is 10.1. The van der Waals surface area contributed by atoms with E-state index in [1.165, 1.54) is 41.3 Å². The van der Waals surface area contributed by atoms with Gasteiger partial charge in [0.05, 0.1) is 17.2 Å². The molecule has 0 saturated carbocycles. The smallest absolute Gasteiger partial charge is 0.264 e. The predicted octanol–water partition coefficient (Wildman–Crippen LogP) is 5.06. The fourth-order valence-electron chi connectivity index (χ4n) is 4.19. The van der Waals surface area contributed by atoms with Gasteiger partial charge >= 0.3 is 0 Å². The number of halogens is 1. The van der Waals surface area contributed by atoms with Gasteiger partial charge in [0.15, 0.2) is 0 Å². The van der Waals surface area contributed by atoms with Crippen LogP contribution in [0.4, 0.5) is 10.1 Å². The number of carbonyl (C=O) groups excluding carboxylic acids is 2. The maximum absolute atomic E-state index is 13.9. The minimum absolute atomic E-state index is 0.0640. The fourth-order valence-corrected chi connectivity index (χ4v) is 5.61. The van der Waals surface area contributed by atoms with Gasteiger partial charge in [0, 0.05) is 12.6 Å². The van der Waals surface area contributed by atoms with Crippen molar-refractivity contribution in [2.75, 3.05) is 17.5 Å². The van der Waals surface area contributed by atoms with Gasteiger partial charge in [0.2, 0.25) is 11.8 Å². The molecule has 1 N–H and O–H groups in total. The Hall–Kier alpha value is -3.92. The van der Waals surface area contributed by atoms with Gasteiger partial charge in [-0.25, -0.2) is 12.8 Å². The summed E-state index contributed by atoms with van der Waals surface area (Å²) in [5, 5.41) is 2.91. The van der Waals surface area contributed by atoms with Crippen molar-refractivity contribution in [2.24, 2.45) is 0 Å².